The van der Waals surface area contributed by atoms with E-state index in [9.17, 15) is 9.59 Å². The molecule has 118 valence electrons. The van der Waals surface area contributed by atoms with Crippen molar-refractivity contribution in [2.75, 3.05) is 19.7 Å². The molecule has 0 unspecified atom stereocenters. The van der Waals surface area contributed by atoms with Gasteiger partial charge in [-0.25, -0.2) is 9.89 Å². The Hall–Kier alpha value is -1.63. The monoisotopic (exact) mass is 296 g/mol. The molecule has 0 saturated carbocycles. The molecule has 2 atom stereocenters. The summed E-state index contributed by atoms with van der Waals surface area (Å²) in [7, 11) is 0. The molecule has 1 amide bonds. The van der Waals surface area contributed by atoms with E-state index in [1.165, 1.54) is 0 Å². The second-order valence-corrected chi connectivity index (χ2v) is 5.55. The van der Waals surface area contributed by atoms with E-state index >= 15 is 0 Å². The van der Waals surface area contributed by atoms with E-state index in [0.29, 0.717) is 19.0 Å². The van der Waals surface area contributed by atoms with Gasteiger partial charge >= 0.3 is 5.69 Å². The Kier molecular flexibility index (Phi) is 5.55. The Morgan fingerprint density at radius 1 is 1.57 bits per heavy atom. The minimum absolute atomic E-state index is 0.0219. The number of aromatic amines is 2. The third kappa shape index (κ3) is 4.17. The Balaban J connectivity index is 1.91. The summed E-state index contributed by atoms with van der Waals surface area (Å²) in [6.07, 6.45) is 3.45. The van der Waals surface area contributed by atoms with Gasteiger partial charge in [0.1, 0.15) is 11.9 Å². The largest absolute Gasteiger partial charge is 0.369 e. The highest BCUT2D eigenvalue weighted by molar-refractivity contribution is 5.80. The number of carbonyl (C=O) groups is 1. The first-order valence-electron chi connectivity index (χ1n) is 7.66. The van der Waals surface area contributed by atoms with Gasteiger partial charge < -0.3 is 9.64 Å². The van der Waals surface area contributed by atoms with E-state index in [0.717, 1.165) is 32.2 Å². The first-order chi connectivity index (χ1) is 10.1. The molecule has 7 heteroatoms. The number of aromatic nitrogens is 3. The van der Waals surface area contributed by atoms with Crippen LogP contribution in [0.2, 0.25) is 0 Å². The summed E-state index contributed by atoms with van der Waals surface area (Å²) in [4.78, 5) is 28.0. The molecule has 0 aliphatic carbocycles. The van der Waals surface area contributed by atoms with Gasteiger partial charge in [-0.05, 0) is 26.2 Å². The van der Waals surface area contributed by atoms with Gasteiger partial charge in [-0.2, -0.15) is 5.10 Å². The molecule has 1 aliphatic rings. The Morgan fingerprint density at radius 2 is 2.38 bits per heavy atom. The zero-order chi connectivity index (χ0) is 15.2. The van der Waals surface area contributed by atoms with Crippen molar-refractivity contribution in [3.05, 3.63) is 16.3 Å². The zero-order valence-electron chi connectivity index (χ0n) is 12.7. The van der Waals surface area contributed by atoms with Crippen LogP contribution >= 0.6 is 0 Å². The molecule has 1 aromatic heterocycles. The van der Waals surface area contributed by atoms with E-state index in [1.807, 2.05) is 4.90 Å². The maximum Gasteiger partial charge on any atom is 0.340 e. The van der Waals surface area contributed by atoms with Crippen molar-refractivity contribution in [3.63, 3.8) is 0 Å². The van der Waals surface area contributed by atoms with Crippen molar-refractivity contribution in [2.24, 2.45) is 0 Å². The lowest BCUT2D eigenvalue weighted by Crippen LogP contribution is -2.44. The van der Waals surface area contributed by atoms with Crippen LogP contribution in [0.3, 0.4) is 0 Å². The lowest BCUT2D eigenvalue weighted by molar-refractivity contribution is -0.144. The van der Waals surface area contributed by atoms with Gasteiger partial charge in [-0.1, -0.05) is 13.3 Å². The van der Waals surface area contributed by atoms with E-state index < -0.39 is 6.10 Å². The first-order valence-corrected chi connectivity index (χ1v) is 7.66. The summed E-state index contributed by atoms with van der Waals surface area (Å²) in [5.74, 6) is 0.746. The van der Waals surface area contributed by atoms with Crippen LogP contribution in [0.15, 0.2) is 4.79 Å². The van der Waals surface area contributed by atoms with Crippen molar-refractivity contribution in [3.8, 4) is 0 Å². The third-order valence-corrected chi connectivity index (χ3v) is 3.85. The fourth-order valence-corrected chi connectivity index (χ4v) is 2.61. The average Bonchev–Trinajstić information content (AvgIpc) is 2.93. The number of piperidine rings is 1. The van der Waals surface area contributed by atoms with Gasteiger partial charge in [-0.3, -0.25) is 9.78 Å². The molecule has 1 aliphatic heterocycles. The molecule has 2 heterocycles. The van der Waals surface area contributed by atoms with E-state index in [-0.39, 0.29) is 17.5 Å². The van der Waals surface area contributed by atoms with Crippen LogP contribution < -0.4 is 5.69 Å². The van der Waals surface area contributed by atoms with Crippen molar-refractivity contribution in [1.29, 1.82) is 0 Å². The van der Waals surface area contributed by atoms with Crippen molar-refractivity contribution in [1.82, 2.24) is 20.1 Å². The third-order valence-electron chi connectivity index (χ3n) is 3.85. The molecule has 0 bridgehead atoms. The molecule has 7 nitrogen and oxygen atoms in total. The summed E-state index contributed by atoms with van der Waals surface area (Å²) in [5, 5.41) is 6.35. The number of ether oxygens (including phenoxy) is 1. The number of carbonyl (C=O) groups excluding carboxylic acids is 1. The number of hydrogen-bond acceptors (Lipinski definition) is 4. The minimum atomic E-state index is -0.409. The molecule has 2 rings (SSSR count). The molecular weight excluding hydrogens is 272 g/mol. The van der Waals surface area contributed by atoms with Gasteiger partial charge in [0.15, 0.2) is 0 Å². The SMILES string of the molecule is CCCCO[C@H](C)C(=O)N1CCC[C@H](c2n[nH]c(=O)[nH]2)C1. The molecule has 2 N–H and O–H groups in total. The lowest BCUT2D eigenvalue weighted by Gasteiger charge is -2.33. The van der Waals surface area contributed by atoms with Crippen molar-refractivity contribution < 1.29 is 9.53 Å². The molecule has 0 aromatic carbocycles. The Bertz CT molecular complexity index is 510. The van der Waals surface area contributed by atoms with Crippen LogP contribution in [0.25, 0.3) is 0 Å². The second-order valence-electron chi connectivity index (χ2n) is 5.55. The van der Waals surface area contributed by atoms with Crippen LogP contribution in [0.1, 0.15) is 51.3 Å². The number of rotatable bonds is 6. The highest BCUT2D eigenvalue weighted by atomic mass is 16.5. The zero-order valence-corrected chi connectivity index (χ0v) is 12.7. The normalized spacial score (nSPS) is 20.5. The van der Waals surface area contributed by atoms with Crippen molar-refractivity contribution >= 4 is 5.91 Å². The van der Waals surface area contributed by atoms with Crippen LogP contribution in [-0.2, 0) is 9.53 Å². The second kappa shape index (κ2) is 7.40. The topological polar surface area (TPSA) is 91.1 Å². The standard InChI is InChI=1S/C14H24N4O3/c1-3-4-8-21-10(2)13(19)18-7-5-6-11(9-18)12-15-14(20)17-16-12/h10-11H,3-9H2,1-2H3,(H2,15,16,17,20)/t10-,11+/m1/s1. The van der Waals surface area contributed by atoms with Gasteiger partial charge in [-0.15, -0.1) is 0 Å². The summed E-state index contributed by atoms with van der Waals surface area (Å²) in [5.41, 5.74) is -0.301. The summed E-state index contributed by atoms with van der Waals surface area (Å²) in [6, 6.07) is 0. The smallest absolute Gasteiger partial charge is 0.340 e. The number of hydrogen-bond donors (Lipinski definition) is 2. The lowest BCUT2D eigenvalue weighted by atomic mass is 9.97. The summed E-state index contributed by atoms with van der Waals surface area (Å²) >= 11 is 0. The van der Waals surface area contributed by atoms with Crippen LogP contribution in [0, 0.1) is 0 Å². The van der Waals surface area contributed by atoms with Gasteiger partial charge in [0.05, 0.1) is 0 Å². The predicted molar refractivity (Wildman–Crippen MR) is 78.1 cm³/mol. The number of nitrogens with zero attached hydrogens (tertiary/aromatic N) is 2. The Labute approximate surface area is 124 Å². The molecular formula is C14H24N4O3. The summed E-state index contributed by atoms with van der Waals surface area (Å²) in [6.45, 7) is 5.84. The van der Waals surface area contributed by atoms with Crippen LogP contribution in [-0.4, -0.2) is 51.8 Å². The van der Waals surface area contributed by atoms with Gasteiger partial charge in [0, 0.05) is 25.6 Å². The number of H-pyrrole nitrogens is 2. The van der Waals surface area contributed by atoms with E-state index in [1.54, 1.807) is 6.92 Å². The fourth-order valence-electron chi connectivity index (χ4n) is 2.61. The van der Waals surface area contributed by atoms with Crippen molar-refractivity contribution in [2.45, 2.75) is 51.6 Å². The quantitative estimate of drug-likeness (QED) is 0.766. The number of amides is 1. The summed E-state index contributed by atoms with van der Waals surface area (Å²) < 4.78 is 5.57. The molecule has 21 heavy (non-hydrogen) atoms. The van der Waals surface area contributed by atoms with E-state index in [2.05, 4.69) is 22.1 Å². The highest BCUT2D eigenvalue weighted by Crippen LogP contribution is 2.24. The van der Waals surface area contributed by atoms with Gasteiger partial charge in [0.2, 0.25) is 0 Å². The number of nitrogens with one attached hydrogen (secondary N) is 2. The molecule has 0 radical (unpaired) electrons. The van der Waals surface area contributed by atoms with Crippen LogP contribution in [0.4, 0.5) is 0 Å². The van der Waals surface area contributed by atoms with Crippen LogP contribution in [0.5, 0.6) is 0 Å². The van der Waals surface area contributed by atoms with E-state index in [4.69, 9.17) is 4.74 Å². The first kappa shape index (κ1) is 15.8. The molecule has 0 spiro atoms. The predicted octanol–water partition coefficient (Wildman–Crippen LogP) is 1.01. The average molecular weight is 296 g/mol. The highest BCUT2D eigenvalue weighted by Gasteiger charge is 2.29. The maximum absolute atomic E-state index is 12.4. The fraction of sp³-hybridized carbons (Fsp3) is 0.786. The maximum atomic E-state index is 12.4. The Morgan fingerprint density at radius 3 is 3.05 bits per heavy atom. The number of likely N-dealkylation sites (tertiary alicyclic amines) is 1. The molecule has 1 fully saturated rings. The minimum Gasteiger partial charge on any atom is -0.369 e. The number of unbranched alkanes of at least 4 members (excludes halogenated alkanes) is 1. The van der Waals surface area contributed by atoms with Gasteiger partial charge in [0.25, 0.3) is 5.91 Å². The molecule has 1 saturated heterocycles. The molecule has 1 aromatic rings.